The molecule has 6 heteroatoms. The quantitative estimate of drug-likeness (QED) is 0.818. The minimum absolute atomic E-state index is 0. The summed E-state index contributed by atoms with van der Waals surface area (Å²) in [6.45, 7) is 3.77. The molecule has 0 spiro atoms. The number of carboxylic acids is 1. The van der Waals surface area contributed by atoms with Gasteiger partial charge in [-0.05, 0) is 6.07 Å². The number of nitrogens with zero attached hydrogens (tertiary/aromatic N) is 1. The summed E-state index contributed by atoms with van der Waals surface area (Å²) in [6.07, 6.45) is 0. The molecule has 0 fully saturated rings. The number of aromatic nitrogens is 2. The molecule has 0 bridgehead atoms. The summed E-state index contributed by atoms with van der Waals surface area (Å²) >= 11 is 0. The molecule has 2 aromatic rings. The van der Waals surface area contributed by atoms with Crippen molar-refractivity contribution in [3.05, 3.63) is 51.3 Å². The van der Waals surface area contributed by atoms with Crippen LogP contribution >= 0.6 is 0 Å². The van der Waals surface area contributed by atoms with E-state index in [1.54, 1.807) is 0 Å². The zero-order chi connectivity index (χ0) is 13.3. The Balaban J connectivity index is 0.00000180. The van der Waals surface area contributed by atoms with E-state index < -0.39 is 11.5 Å². The van der Waals surface area contributed by atoms with Crippen molar-refractivity contribution >= 4 is 5.97 Å². The second-order valence-electron chi connectivity index (χ2n) is 3.98. The molecule has 1 aromatic carbocycles. The molecular formula is C13H11N2O3Y-. The number of hydrogen-bond donors (Lipinski definition) is 2. The maximum Gasteiger partial charge on any atom is 0.341 e. The van der Waals surface area contributed by atoms with Gasteiger partial charge in [0.15, 0.2) is 0 Å². The molecule has 0 amide bonds. The first-order valence-corrected chi connectivity index (χ1v) is 5.32. The number of carboxylic acid groups (broad SMARTS) is 1. The predicted octanol–water partition coefficient (Wildman–Crippen LogP) is 1.55. The second kappa shape index (κ2) is 6.21. The molecule has 0 aliphatic rings. The number of aromatic amines is 1. The maximum absolute atomic E-state index is 11.3. The van der Waals surface area contributed by atoms with Crippen molar-refractivity contribution in [3.8, 4) is 11.3 Å². The SMILES string of the molecule is Cc1[c-]c(C)c(-c2cc(C(=O)O)c(=O)[nH]n2)cc1.[Y]. The Morgan fingerprint density at radius 1 is 1.37 bits per heavy atom. The molecule has 1 heterocycles. The van der Waals surface area contributed by atoms with Gasteiger partial charge >= 0.3 is 5.97 Å². The van der Waals surface area contributed by atoms with Gasteiger partial charge in [-0.15, -0.1) is 5.56 Å². The Hall–Kier alpha value is -1.33. The molecule has 5 nitrogen and oxygen atoms in total. The first-order chi connectivity index (χ1) is 8.49. The largest absolute Gasteiger partial charge is 0.477 e. The summed E-state index contributed by atoms with van der Waals surface area (Å²) in [6, 6.07) is 8.08. The van der Waals surface area contributed by atoms with Crippen LogP contribution < -0.4 is 5.56 Å². The van der Waals surface area contributed by atoms with Crippen LogP contribution in [0.2, 0.25) is 0 Å². The number of rotatable bonds is 2. The first kappa shape index (κ1) is 15.7. The fraction of sp³-hybridized carbons (Fsp3) is 0.154. The van der Waals surface area contributed by atoms with Crippen molar-refractivity contribution in [1.29, 1.82) is 0 Å². The van der Waals surface area contributed by atoms with Gasteiger partial charge in [0.2, 0.25) is 0 Å². The molecule has 0 saturated carbocycles. The van der Waals surface area contributed by atoms with Gasteiger partial charge in [-0.3, -0.25) is 4.79 Å². The van der Waals surface area contributed by atoms with Crippen LogP contribution in [0.5, 0.6) is 0 Å². The average molecular weight is 332 g/mol. The minimum Gasteiger partial charge on any atom is -0.477 e. The Morgan fingerprint density at radius 3 is 2.63 bits per heavy atom. The third-order valence-electron chi connectivity index (χ3n) is 2.60. The van der Waals surface area contributed by atoms with E-state index in [9.17, 15) is 9.59 Å². The summed E-state index contributed by atoms with van der Waals surface area (Å²) in [5.74, 6) is -1.27. The number of carbonyl (C=O) groups is 1. The van der Waals surface area contributed by atoms with Crippen LogP contribution in [0.3, 0.4) is 0 Å². The Kier molecular flexibility index (Phi) is 5.15. The van der Waals surface area contributed by atoms with Crippen LogP contribution in [0, 0.1) is 19.9 Å². The third kappa shape index (κ3) is 3.36. The molecule has 2 N–H and O–H groups in total. The zero-order valence-corrected chi connectivity index (χ0v) is 13.4. The van der Waals surface area contributed by atoms with E-state index in [4.69, 9.17) is 5.11 Å². The number of aromatic carboxylic acids is 1. The summed E-state index contributed by atoms with van der Waals surface area (Å²) < 4.78 is 0. The van der Waals surface area contributed by atoms with E-state index in [2.05, 4.69) is 16.3 Å². The van der Waals surface area contributed by atoms with E-state index >= 15 is 0 Å². The fourth-order valence-corrected chi connectivity index (χ4v) is 1.72. The number of hydrogen-bond acceptors (Lipinski definition) is 3. The standard InChI is InChI=1S/C13H11N2O3.Y/c1-7-3-4-9(8(2)5-7)11-6-10(13(17)18)12(16)15-14-11;/h3-4,6H,1-2H3,(H,15,16)(H,17,18);/q-1;. The number of benzene rings is 1. The first-order valence-electron chi connectivity index (χ1n) is 5.32. The second-order valence-corrected chi connectivity index (χ2v) is 3.98. The maximum atomic E-state index is 11.3. The van der Waals surface area contributed by atoms with Crippen LogP contribution in [-0.2, 0) is 32.7 Å². The van der Waals surface area contributed by atoms with Gasteiger partial charge in [0.25, 0.3) is 5.56 Å². The third-order valence-corrected chi connectivity index (χ3v) is 2.60. The smallest absolute Gasteiger partial charge is 0.341 e. The molecule has 0 aliphatic heterocycles. The molecule has 1 aromatic heterocycles. The van der Waals surface area contributed by atoms with Crippen LogP contribution in [0.15, 0.2) is 23.0 Å². The predicted molar refractivity (Wildman–Crippen MR) is 65.6 cm³/mol. The monoisotopic (exact) mass is 332 g/mol. The molecule has 19 heavy (non-hydrogen) atoms. The number of H-pyrrole nitrogens is 1. The zero-order valence-electron chi connectivity index (χ0n) is 10.5. The molecule has 95 valence electrons. The van der Waals surface area contributed by atoms with Crippen LogP contribution in [0.25, 0.3) is 11.3 Å². The normalized spacial score (nSPS) is 9.79. The summed E-state index contributed by atoms with van der Waals surface area (Å²) in [4.78, 5) is 22.2. The molecule has 2 rings (SSSR count). The van der Waals surface area contributed by atoms with Gasteiger partial charge in [0.05, 0.1) is 0 Å². The molecule has 0 saturated heterocycles. The average Bonchev–Trinajstić information content (AvgIpc) is 2.30. The molecular weight excluding hydrogens is 321 g/mol. The van der Waals surface area contributed by atoms with Crippen molar-refractivity contribution in [2.24, 2.45) is 0 Å². The van der Waals surface area contributed by atoms with Crippen molar-refractivity contribution in [2.45, 2.75) is 13.8 Å². The van der Waals surface area contributed by atoms with Crippen molar-refractivity contribution < 1.29 is 42.6 Å². The number of aryl methyl sites for hydroxylation is 2. The van der Waals surface area contributed by atoms with E-state index in [1.165, 1.54) is 6.07 Å². The van der Waals surface area contributed by atoms with Crippen molar-refractivity contribution in [1.82, 2.24) is 10.2 Å². The Morgan fingerprint density at radius 2 is 2.05 bits per heavy atom. The van der Waals surface area contributed by atoms with Crippen molar-refractivity contribution in [2.75, 3.05) is 0 Å². The summed E-state index contributed by atoms with van der Waals surface area (Å²) in [5.41, 5.74) is 1.98. The van der Waals surface area contributed by atoms with E-state index in [1.807, 2.05) is 26.0 Å². The minimum atomic E-state index is -1.27. The van der Waals surface area contributed by atoms with Crippen molar-refractivity contribution in [3.63, 3.8) is 0 Å². The van der Waals surface area contributed by atoms with Gasteiger partial charge in [-0.25, -0.2) is 9.89 Å². The summed E-state index contributed by atoms with van der Waals surface area (Å²) in [7, 11) is 0. The van der Waals surface area contributed by atoms with Crippen LogP contribution in [0.1, 0.15) is 21.5 Å². The van der Waals surface area contributed by atoms with Crippen LogP contribution in [-0.4, -0.2) is 21.3 Å². The number of nitrogens with one attached hydrogen (secondary N) is 1. The van der Waals surface area contributed by atoms with Gasteiger partial charge in [0.1, 0.15) is 5.56 Å². The molecule has 1 radical (unpaired) electrons. The fourth-order valence-electron chi connectivity index (χ4n) is 1.72. The Labute approximate surface area is 134 Å². The van der Waals surface area contributed by atoms with E-state index in [-0.39, 0.29) is 38.3 Å². The van der Waals surface area contributed by atoms with Gasteiger partial charge in [0, 0.05) is 38.4 Å². The Bertz CT molecular complexity index is 680. The van der Waals surface area contributed by atoms with Gasteiger partial charge < -0.3 is 5.11 Å². The molecule has 0 atom stereocenters. The van der Waals surface area contributed by atoms with E-state index in [0.717, 1.165) is 16.7 Å². The van der Waals surface area contributed by atoms with Crippen LogP contribution in [0.4, 0.5) is 0 Å². The van der Waals surface area contributed by atoms with E-state index in [0.29, 0.717) is 5.69 Å². The molecule has 0 aliphatic carbocycles. The van der Waals surface area contributed by atoms with Gasteiger partial charge in [-0.2, -0.15) is 34.4 Å². The summed E-state index contributed by atoms with van der Waals surface area (Å²) in [5, 5.41) is 14.9. The molecule has 0 unspecified atom stereocenters. The topological polar surface area (TPSA) is 83.0 Å². The van der Waals surface area contributed by atoms with Gasteiger partial charge in [-0.1, -0.05) is 13.8 Å².